The molecule has 0 radical (unpaired) electrons. The number of rotatable bonds is 7. The number of hydrogen-bond acceptors (Lipinski definition) is 6. The third-order valence-corrected chi connectivity index (χ3v) is 5.31. The van der Waals surface area contributed by atoms with Gasteiger partial charge in [0.05, 0.1) is 18.7 Å². The molecule has 1 aliphatic heterocycles. The smallest absolute Gasteiger partial charge is 0.176 e. The quantitative estimate of drug-likeness (QED) is 0.752. The zero-order valence-corrected chi connectivity index (χ0v) is 16.6. The summed E-state index contributed by atoms with van der Waals surface area (Å²) in [6, 6.07) is 7.85. The Labute approximate surface area is 164 Å². The Morgan fingerprint density at radius 1 is 1.26 bits per heavy atom. The minimum Gasteiger partial charge on any atom is -0.503 e. The molecular formula is C20H27ClN2O4. The van der Waals surface area contributed by atoms with Gasteiger partial charge in [-0.05, 0) is 43.2 Å². The molecule has 2 N–H and O–H groups in total. The number of phenols is 1. The lowest BCUT2D eigenvalue weighted by atomic mass is 10.1. The van der Waals surface area contributed by atoms with E-state index in [0.717, 1.165) is 49.7 Å². The van der Waals surface area contributed by atoms with Crippen molar-refractivity contribution >= 4 is 11.6 Å². The minimum atomic E-state index is -0.0281. The summed E-state index contributed by atoms with van der Waals surface area (Å²) < 4.78 is 10.9. The van der Waals surface area contributed by atoms with Crippen molar-refractivity contribution in [3.8, 4) is 11.5 Å². The molecule has 3 rings (SSSR count). The maximum Gasteiger partial charge on any atom is 0.176 e. The summed E-state index contributed by atoms with van der Waals surface area (Å²) in [5.41, 5.74) is 0.993. The van der Waals surface area contributed by atoms with Crippen LogP contribution in [0, 0.1) is 6.92 Å². The Balaban J connectivity index is 1.66. The Hall–Kier alpha value is -1.73. The highest BCUT2D eigenvalue weighted by molar-refractivity contribution is 6.32. The summed E-state index contributed by atoms with van der Waals surface area (Å²) in [7, 11) is 1.52. The van der Waals surface area contributed by atoms with E-state index in [9.17, 15) is 10.2 Å². The number of aliphatic hydroxyl groups is 1. The van der Waals surface area contributed by atoms with Crippen LogP contribution in [-0.4, -0.2) is 59.4 Å². The van der Waals surface area contributed by atoms with E-state index < -0.39 is 0 Å². The summed E-state index contributed by atoms with van der Waals surface area (Å²) in [6.07, 6.45) is 0.718. The summed E-state index contributed by atoms with van der Waals surface area (Å²) in [4.78, 5) is 4.71. The minimum absolute atomic E-state index is 0.0281. The molecule has 0 amide bonds. The molecule has 1 fully saturated rings. The summed E-state index contributed by atoms with van der Waals surface area (Å²) >= 11 is 6.11. The maximum absolute atomic E-state index is 9.90. The zero-order chi connectivity index (χ0) is 19.4. The standard InChI is InChI=1S/C20H27ClN2O4/c1-14-3-4-17(27-14)13-23-7-6-22(12-16(23)5-8-24)11-15-9-18(21)20(25)19(10-15)26-2/h3-4,9-10,16,24-25H,5-8,11-13H2,1-2H3/t16-/m0/s1. The van der Waals surface area contributed by atoms with Gasteiger partial charge in [0.2, 0.25) is 0 Å². The second kappa shape index (κ2) is 8.97. The number of furan rings is 1. The first kappa shape index (κ1) is 20.0. The van der Waals surface area contributed by atoms with Gasteiger partial charge in [0, 0.05) is 38.8 Å². The van der Waals surface area contributed by atoms with Crippen LogP contribution >= 0.6 is 11.6 Å². The molecule has 1 aliphatic rings. The van der Waals surface area contributed by atoms with E-state index >= 15 is 0 Å². The van der Waals surface area contributed by atoms with Crippen molar-refractivity contribution in [3.05, 3.63) is 46.4 Å². The van der Waals surface area contributed by atoms with Crippen LogP contribution in [0.2, 0.25) is 5.02 Å². The molecule has 6 nitrogen and oxygen atoms in total. The average molecular weight is 395 g/mol. The fourth-order valence-corrected chi connectivity index (χ4v) is 3.87. The third kappa shape index (κ3) is 4.96. The molecule has 148 valence electrons. The van der Waals surface area contributed by atoms with Gasteiger partial charge >= 0.3 is 0 Å². The number of phenolic OH excluding ortho intramolecular Hbond substituents is 1. The number of benzene rings is 1. The van der Waals surface area contributed by atoms with Crippen LogP contribution in [0.15, 0.2) is 28.7 Å². The molecule has 1 aromatic carbocycles. The lowest BCUT2D eigenvalue weighted by Crippen LogP contribution is -2.52. The molecule has 0 unspecified atom stereocenters. The predicted octanol–water partition coefficient (Wildman–Crippen LogP) is 3.02. The van der Waals surface area contributed by atoms with Crippen LogP contribution in [0.1, 0.15) is 23.5 Å². The van der Waals surface area contributed by atoms with Gasteiger partial charge in [-0.15, -0.1) is 0 Å². The molecule has 0 aliphatic carbocycles. The number of aryl methyl sites for hydroxylation is 1. The van der Waals surface area contributed by atoms with Crippen LogP contribution in [0.4, 0.5) is 0 Å². The van der Waals surface area contributed by atoms with Crippen LogP contribution in [-0.2, 0) is 13.1 Å². The molecule has 0 saturated carbocycles. The molecule has 0 spiro atoms. The van der Waals surface area contributed by atoms with Crippen LogP contribution in [0.25, 0.3) is 0 Å². The van der Waals surface area contributed by atoms with Gasteiger partial charge in [0.15, 0.2) is 11.5 Å². The fourth-order valence-electron chi connectivity index (χ4n) is 3.63. The Morgan fingerprint density at radius 3 is 2.74 bits per heavy atom. The van der Waals surface area contributed by atoms with E-state index in [1.54, 1.807) is 6.07 Å². The van der Waals surface area contributed by atoms with Gasteiger partial charge in [-0.25, -0.2) is 0 Å². The van der Waals surface area contributed by atoms with E-state index in [1.165, 1.54) is 7.11 Å². The number of methoxy groups -OCH3 is 1. The molecule has 0 bridgehead atoms. The number of aliphatic hydroxyl groups excluding tert-OH is 1. The summed E-state index contributed by atoms with van der Waals surface area (Å²) in [5, 5.41) is 19.7. The molecule has 1 atom stereocenters. The van der Waals surface area contributed by atoms with Gasteiger partial charge in [0.1, 0.15) is 11.5 Å². The molecule has 2 aromatic rings. The van der Waals surface area contributed by atoms with E-state index in [0.29, 0.717) is 17.3 Å². The zero-order valence-electron chi connectivity index (χ0n) is 15.8. The first-order valence-corrected chi connectivity index (χ1v) is 9.56. The van der Waals surface area contributed by atoms with Crippen molar-refractivity contribution in [2.75, 3.05) is 33.4 Å². The first-order valence-electron chi connectivity index (χ1n) is 9.18. The van der Waals surface area contributed by atoms with Crippen molar-refractivity contribution in [2.45, 2.75) is 32.5 Å². The normalized spacial score (nSPS) is 18.7. The largest absolute Gasteiger partial charge is 0.503 e. The van der Waals surface area contributed by atoms with E-state index in [2.05, 4.69) is 9.80 Å². The van der Waals surface area contributed by atoms with Crippen molar-refractivity contribution in [3.63, 3.8) is 0 Å². The topological polar surface area (TPSA) is 69.3 Å². The highest BCUT2D eigenvalue weighted by Crippen LogP contribution is 2.35. The first-order chi connectivity index (χ1) is 13.0. The highest BCUT2D eigenvalue weighted by Gasteiger charge is 2.27. The number of ether oxygens (including phenoxy) is 1. The van der Waals surface area contributed by atoms with Gasteiger partial charge in [0.25, 0.3) is 0 Å². The van der Waals surface area contributed by atoms with Gasteiger partial charge in [-0.2, -0.15) is 0 Å². The molecule has 1 aromatic heterocycles. The predicted molar refractivity (Wildman–Crippen MR) is 104 cm³/mol. The number of piperazine rings is 1. The second-order valence-electron chi connectivity index (χ2n) is 7.01. The highest BCUT2D eigenvalue weighted by atomic mass is 35.5. The summed E-state index contributed by atoms with van der Waals surface area (Å²) in [6.45, 7) is 6.23. The summed E-state index contributed by atoms with van der Waals surface area (Å²) in [5.74, 6) is 2.23. The lowest BCUT2D eigenvalue weighted by molar-refractivity contribution is 0.0454. The van der Waals surface area contributed by atoms with E-state index in [-0.39, 0.29) is 18.4 Å². The molecule has 27 heavy (non-hydrogen) atoms. The van der Waals surface area contributed by atoms with Crippen LogP contribution < -0.4 is 4.74 Å². The van der Waals surface area contributed by atoms with Crippen LogP contribution in [0.5, 0.6) is 11.5 Å². The molecule has 2 heterocycles. The lowest BCUT2D eigenvalue weighted by Gasteiger charge is -2.41. The van der Waals surface area contributed by atoms with Gasteiger partial charge in [-0.1, -0.05) is 11.6 Å². The van der Waals surface area contributed by atoms with Crippen LogP contribution in [0.3, 0.4) is 0 Å². The Kier molecular flexibility index (Phi) is 6.65. The number of nitrogens with zero attached hydrogens (tertiary/aromatic N) is 2. The molecular weight excluding hydrogens is 368 g/mol. The van der Waals surface area contributed by atoms with Crippen molar-refractivity contribution < 1.29 is 19.4 Å². The second-order valence-corrected chi connectivity index (χ2v) is 7.42. The van der Waals surface area contributed by atoms with Crippen molar-refractivity contribution in [2.24, 2.45) is 0 Å². The van der Waals surface area contributed by atoms with Crippen molar-refractivity contribution in [1.82, 2.24) is 9.80 Å². The van der Waals surface area contributed by atoms with E-state index in [1.807, 2.05) is 25.1 Å². The van der Waals surface area contributed by atoms with E-state index in [4.69, 9.17) is 20.8 Å². The average Bonchev–Trinajstić information content (AvgIpc) is 3.05. The Morgan fingerprint density at radius 2 is 2.07 bits per heavy atom. The van der Waals surface area contributed by atoms with Crippen molar-refractivity contribution in [1.29, 1.82) is 0 Å². The Bertz CT molecular complexity index is 764. The number of halogens is 1. The number of hydrogen-bond donors (Lipinski definition) is 2. The molecule has 1 saturated heterocycles. The SMILES string of the molecule is COc1cc(CN2CCN(Cc3ccc(C)o3)[C@@H](CCO)C2)cc(Cl)c1O. The molecule has 7 heteroatoms. The third-order valence-electron chi connectivity index (χ3n) is 5.02. The van der Waals surface area contributed by atoms with Gasteiger partial charge in [-0.3, -0.25) is 9.80 Å². The van der Waals surface area contributed by atoms with Gasteiger partial charge < -0.3 is 19.4 Å². The number of aromatic hydroxyl groups is 1. The maximum atomic E-state index is 9.90. The fraction of sp³-hybridized carbons (Fsp3) is 0.500. The monoisotopic (exact) mass is 394 g/mol.